The summed E-state index contributed by atoms with van der Waals surface area (Å²) in [6.07, 6.45) is 2.19. The van der Waals surface area contributed by atoms with Crippen LogP contribution in [0, 0.1) is 5.92 Å². The van der Waals surface area contributed by atoms with E-state index in [1.165, 1.54) is 38.2 Å². The third-order valence-corrected chi connectivity index (χ3v) is 6.07. The number of fused-ring (bicyclic) bond motifs is 4. The van der Waals surface area contributed by atoms with Gasteiger partial charge in [-0.15, -0.1) is 0 Å². The van der Waals surface area contributed by atoms with Crippen LogP contribution in [-0.4, -0.2) is 5.11 Å². The molecule has 5 rings (SSSR count). The Hall–Kier alpha value is -2.80. The highest BCUT2D eigenvalue weighted by atomic mass is 16.3. The van der Waals surface area contributed by atoms with Gasteiger partial charge in [0.1, 0.15) is 5.75 Å². The average molecular weight is 338 g/mol. The molecule has 0 bridgehead atoms. The van der Waals surface area contributed by atoms with Crippen molar-refractivity contribution in [1.82, 2.24) is 0 Å². The number of benzene rings is 4. The van der Waals surface area contributed by atoms with Gasteiger partial charge in [0, 0.05) is 5.92 Å². The first kappa shape index (κ1) is 15.5. The number of hydrogen-bond donors (Lipinski definition) is 1. The maximum absolute atomic E-state index is 9.93. The van der Waals surface area contributed by atoms with E-state index >= 15 is 0 Å². The van der Waals surface area contributed by atoms with Gasteiger partial charge in [0.25, 0.3) is 0 Å². The summed E-state index contributed by atoms with van der Waals surface area (Å²) in [5.74, 6) is 1.35. The Morgan fingerprint density at radius 1 is 0.808 bits per heavy atom. The Labute approximate surface area is 153 Å². The largest absolute Gasteiger partial charge is 0.508 e. The Morgan fingerprint density at radius 2 is 1.54 bits per heavy atom. The van der Waals surface area contributed by atoms with Gasteiger partial charge in [0.2, 0.25) is 0 Å². The van der Waals surface area contributed by atoms with Crippen molar-refractivity contribution in [2.45, 2.75) is 25.7 Å². The van der Waals surface area contributed by atoms with Crippen molar-refractivity contribution in [1.29, 1.82) is 0 Å². The molecule has 0 saturated heterocycles. The monoisotopic (exact) mass is 338 g/mol. The molecule has 26 heavy (non-hydrogen) atoms. The summed E-state index contributed by atoms with van der Waals surface area (Å²) in [5.41, 5.74) is 4.12. The van der Waals surface area contributed by atoms with E-state index in [1.54, 1.807) is 0 Å². The van der Waals surface area contributed by atoms with Gasteiger partial charge < -0.3 is 5.11 Å². The molecule has 0 aliphatic heterocycles. The van der Waals surface area contributed by atoms with Crippen LogP contribution in [0.4, 0.5) is 0 Å². The number of phenolic OH excluding ortho intramolecular Hbond substituents is 1. The Kier molecular flexibility index (Phi) is 3.49. The molecule has 1 heteroatoms. The summed E-state index contributed by atoms with van der Waals surface area (Å²) in [6.45, 7) is 2.28. The van der Waals surface area contributed by atoms with Crippen LogP contribution < -0.4 is 0 Å². The molecular formula is C25H22O. The molecule has 1 aliphatic rings. The van der Waals surface area contributed by atoms with Gasteiger partial charge in [0.05, 0.1) is 0 Å². The lowest BCUT2D eigenvalue weighted by atomic mass is 9.81. The minimum atomic E-state index is 0.377. The molecule has 0 aromatic heterocycles. The van der Waals surface area contributed by atoms with Gasteiger partial charge in [-0.2, -0.15) is 0 Å². The van der Waals surface area contributed by atoms with Crippen LogP contribution in [0.5, 0.6) is 5.75 Å². The lowest BCUT2D eigenvalue weighted by molar-refractivity contribution is 0.474. The lowest BCUT2D eigenvalue weighted by Gasteiger charge is -2.23. The van der Waals surface area contributed by atoms with Crippen molar-refractivity contribution < 1.29 is 5.11 Å². The van der Waals surface area contributed by atoms with E-state index in [-0.39, 0.29) is 0 Å². The number of hydrogen-bond acceptors (Lipinski definition) is 1. The van der Waals surface area contributed by atoms with Crippen LogP contribution in [0.15, 0.2) is 72.8 Å². The predicted molar refractivity (Wildman–Crippen MR) is 109 cm³/mol. The molecule has 128 valence electrons. The minimum absolute atomic E-state index is 0.377. The molecule has 2 atom stereocenters. The molecule has 0 spiro atoms. The first-order valence-corrected chi connectivity index (χ1v) is 9.48. The number of rotatable bonds is 2. The fourth-order valence-corrected chi connectivity index (χ4v) is 4.87. The molecular weight excluding hydrogens is 316 g/mol. The summed E-state index contributed by atoms with van der Waals surface area (Å²) in [7, 11) is 0. The number of phenols is 1. The predicted octanol–water partition coefficient (Wildman–Crippen LogP) is 6.41. The second-order valence-electron chi connectivity index (χ2n) is 7.47. The van der Waals surface area contributed by atoms with E-state index in [0.29, 0.717) is 17.6 Å². The summed E-state index contributed by atoms with van der Waals surface area (Å²) in [4.78, 5) is 0. The van der Waals surface area contributed by atoms with Crippen molar-refractivity contribution in [3.8, 4) is 5.75 Å². The first-order valence-electron chi connectivity index (χ1n) is 9.48. The summed E-state index contributed by atoms with van der Waals surface area (Å²) in [6, 6.07) is 25.8. The minimum Gasteiger partial charge on any atom is -0.508 e. The molecule has 1 aliphatic carbocycles. The topological polar surface area (TPSA) is 20.2 Å². The molecule has 2 unspecified atom stereocenters. The third-order valence-electron chi connectivity index (χ3n) is 6.07. The fraction of sp³-hybridized carbons (Fsp3) is 0.200. The van der Waals surface area contributed by atoms with E-state index in [0.717, 1.165) is 12.8 Å². The third kappa shape index (κ3) is 2.24. The van der Waals surface area contributed by atoms with Crippen LogP contribution in [0.3, 0.4) is 0 Å². The van der Waals surface area contributed by atoms with Crippen molar-refractivity contribution in [3.63, 3.8) is 0 Å². The first-order chi connectivity index (χ1) is 12.8. The quantitative estimate of drug-likeness (QED) is 0.419. The van der Waals surface area contributed by atoms with E-state index in [4.69, 9.17) is 0 Å². The zero-order valence-corrected chi connectivity index (χ0v) is 14.9. The highest BCUT2D eigenvalue weighted by Gasteiger charge is 2.33. The smallest absolute Gasteiger partial charge is 0.115 e. The zero-order chi connectivity index (χ0) is 17.7. The second-order valence-corrected chi connectivity index (χ2v) is 7.47. The summed E-state index contributed by atoms with van der Waals surface area (Å²) >= 11 is 0. The van der Waals surface area contributed by atoms with E-state index in [1.807, 2.05) is 12.1 Å². The van der Waals surface area contributed by atoms with Gasteiger partial charge >= 0.3 is 0 Å². The maximum atomic E-state index is 9.93. The SMILES string of the molecule is CCC1Cc2cc(O)ccc2C1c1cc2ccccc2c2ccccc12. The standard InChI is InChI=1S/C25H22O/c1-2-16-13-18-14-19(26)11-12-21(18)25(16)24-15-17-7-3-4-8-20(17)22-9-5-6-10-23(22)24/h3-12,14-16,25-26H,2,13H2,1H3. The maximum Gasteiger partial charge on any atom is 0.115 e. The average Bonchev–Trinajstić information content (AvgIpc) is 3.04. The Morgan fingerprint density at radius 3 is 2.35 bits per heavy atom. The van der Waals surface area contributed by atoms with Gasteiger partial charge in [-0.05, 0) is 68.8 Å². The molecule has 0 saturated carbocycles. The van der Waals surface area contributed by atoms with Crippen molar-refractivity contribution in [2.24, 2.45) is 5.92 Å². The van der Waals surface area contributed by atoms with Crippen molar-refractivity contribution in [3.05, 3.63) is 89.5 Å². The Balaban J connectivity index is 1.83. The van der Waals surface area contributed by atoms with Crippen LogP contribution in [0.1, 0.15) is 36.0 Å². The van der Waals surface area contributed by atoms with Crippen LogP contribution in [0.2, 0.25) is 0 Å². The van der Waals surface area contributed by atoms with Crippen LogP contribution in [-0.2, 0) is 6.42 Å². The van der Waals surface area contributed by atoms with Gasteiger partial charge in [-0.3, -0.25) is 0 Å². The van der Waals surface area contributed by atoms with Crippen molar-refractivity contribution >= 4 is 21.5 Å². The van der Waals surface area contributed by atoms with Gasteiger partial charge in [-0.1, -0.05) is 67.9 Å². The molecule has 4 aromatic carbocycles. The highest BCUT2D eigenvalue weighted by molar-refractivity contribution is 6.09. The molecule has 0 fully saturated rings. The summed E-state index contributed by atoms with van der Waals surface area (Å²) in [5, 5.41) is 15.2. The molecule has 0 radical (unpaired) electrons. The molecule has 0 heterocycles. The molecule has 1 N–H and O–H groups in total. The normalized spacial score (nSPS) is 19.1. The van der Waals surface area contributed by atoms with Crippen molar-refractivity contribution in [2.75, 3.05) is 0 Å². The van der Waals surface area contributed by atoms with Gasteiger partial charge in [0.15, 0.2) is 0 Å². The van der Waals surface area contributed by atoms with Crippen LogP contribution in [0.25, 0.3) is 21.5 Å². The second kappa shape index (κ2) is 5.88. The van der Waals surface area contributed by atoms with E-state index in [2.05, 4.69) is 67.6 Å². The molecule has 4 aromatic rings. The number of aromatic hydroxyl groups is 1. The summed E-state index contributed by atoms with van der Waals surface area (Å²) < 4.78 is 0. The van der Waals surface area contributed by atoms with E-state index in [9.17, 15) is 5.11 Å². The fourth-order valence-electron chi connectivity index (χ4n) is 4.87. The Bertz CT molecular complexity index is 1130. The van der Waals surface area contributed by atoms with E-state index < -0.39 is 0 Å². The molecule has 0 amide bonds. The lowest BCUT2D eigenvalue weighted by Crippen LogP contribution is -2.09. The van der Waals surface area contributed by atoms with Crippen LogP contribution >= 0.6 is 0 Å². The van der Waals surface area contributed by atoms with Gasteiger partial charge in [-0.25, -0.2) is 0 Å². The zero-order valence-electron chi connectivity index (χ0n) is 14.9. The highest BCUT2D eigenvalue weighted by Crippen LogP contribution is 2.47. The molecule has 1 nitrogen and oxygen atoms in total.